The van der Waals surface area contributed by atoms with Crippen LogP contribution < -0.4 is 5.32 Å². The first-order valence-electron chi connectivity index (χ1n) is 10.7. The van der Waals surface area contributed by atoms with Crippen LogP contribution in [0.2, 0.25) is 0 Å². The van der Waals surface area contributed by atoms with Gasteiger partial charge in [0, 0.05) is 35.8 Å². The average molecular weight is 457 g/mol. The Labute approximate surface area is 193 Å². The third kappa shape index (κ3) is 4.23. The zero-order valence-corrected chi connectivity index (χ0v) is 18.0. The molecule has 5 rings (SSSR count). The maximum absolute atomic E-state index is 13.5. The molecule has 170 valence electrons. The second-order valence-electron chi connectivity index (χ2n) is 8.00. The van der Waals surface area contributed by atoms with E-state index in [2.05, 4.69) is 10.3 Å². The molecule has 3 aromatic carbocycles. The van der Waals surface area contributed by atoms with Crippen LogP contribution in [0.15, 0.2) is 85.3 Å². The van der Waals surface area contributed by atoms with Crippen LogP contribution in [0, 0.1) is 15.9 Å². The number of carbonyl (C=O) groups is 1. The van der Waals surface area contributed by atoms with Crippen molar-refractivity contribution in [3.63, 3.8) is 0 Å². The van der Waals surface area contributed by atoms with Crippen LogP contribution in [-0.2, 0) is 17.9 Å². The fourth-order valence-corrected chi connectivity index (χ4v) is 4.12. The number of carbonyl (C=O) groups excluding carboxylic acids is 1. The molecule has 0 spiro atoms. The van der Waals surface area contributed by atoms with E-state index in [9.17, 15) is 19.3 Å². The van der Waals surface area contributed by atoms with Gasteiger partial charge in [0.05, 0.1) is 28.3 Å². The molecular formula is C25H20FN5O3. The molecule has 0 radical (unpaired) electrons. The Morgan fingerprint density at radius 3 is 2.62 bits per heavy atom. The molecule has 1 amide bonds. The lowest BCUT2D eigenvalue weighted by atomic mass is 10.1. The maximum Gasteiger partial charge on any atom is 0.270 e. The summed E-state index contributed by atoms with van der Waals surface area (Å²) in [6.45, 7) is 0.445. The van der Waals surface area contributed by atoms with Crippen molar-refractivity contribution in [2.24, 2.45) is 0 Å². The molecule has 1 unspecified atom stereocenters. The molecule has 0 bridgehead atoms. The van der Waals surface area contributed by atoms with E-state index in [0.717, 1.165) is 22.1 Å². The number of nitro benzene ring substituents is 1. The minimum absolute atomic E-state index is 0.00126. The van der Waals surface area contributed by atoms with E-state index in [0.29, 0.717) is 11.9 Å². The summed E-state index contributed by atoms with van der Waals surface area (Å²) in [6, 6.07) is 19.6. The molecule has 0 aliphatic carbocycles. The van der Waals surface area contributed by atoms with Crippen molar-refractivity contribution in [3.05, 3.63) is 107 Å². The summed E-state index contributed by atoms with van der Waals surface area (Å²) in [5, 5.41) is 14.8. The van der Waals surface area contributed by atoms with Crippen LogP contribution >= 0.6 is 0 Å². The smallest absolute Gasteiger partial charge is 0.270 e. The van der Waals surface area contributed by atoms with E-state index >= 15 is 0 Å². The highest BCUT2D eigenvalue weighted by molar-refractivity contribution is 5.85. The zero-order valence-electron chi connectivity index (χ0n) is 18.0. The topological polar surface area (TPSA) is 95.0 Å². The second-order valence-corrected chi connectivity index (χ2v) is 8.00. The highest BCUT2D eigenvalue weighted by Gasteiger charge is 2.18. The first-order valence-corrected chi connectivity index (χ1v) is 10.7. The van der Waals surface area contributed by atoms with E-state index in [1.54, 1.807) is 41.4 Å². The summed E-state index contributed by atoms with van der Waals surface area (Å²) < 4.78 is 17.2. The van der Waals surface area contributed by atoms with Crippen molar-refractivity contribution in [3.8, 4) is 0 Å². The molecule has 0 saturated heterocycles. The van der Waals surface area contributed by atoms with Crippen molar-refractivity contribution >= 4 is 33.5 Å². The van der Waals surface area contributed by atoms with E-state index in [4.69, 9.17) is 0 Å². The molecule has 0 saturated carbocycles. The maximum atomic E-state index is 13.5. The number of fused-ring (bicyclic) bond motifs is 2. The van der Waals surface area contributed by atoms with Crippen molar-refractivity contribution in [1.82, 2.24) is 19.4 Å². The molecule has 0 fully saturated rings. The standard InChI is InChI=1S/C25H20FN5O3/c26-19-7-5-17(6-8-19)22(14-30-16-27-21-3-1-2-4-24(21)30)28-25(32)15-29-12-11-18-13-20(31(33)34)9-10-23(18)29/h1-13,16,22H,14-15H2,(H,28,32). The number of aromatic nitrogens is 3. The Kier molecular flexibility index (Phi) is 5.51. The van der Waals surface area contributed by atoms with Crippen LogP contribution in [0.1, 0.15) is 11.6 Å². The Bertz CT molecular complexity index is 1510. The molecule has 8 nitrogen and oxygen atoms in total. The van der Waals surface area contributed by atoms with Gasteiger partial charge in [-0.05, 0) is 42.0 Å². The van der Waals surface area contributed by atoms with Gasteiger partial charge in [-0.15, -0.1) is 0 Å². The molecule has 1 N–H and O–H groups in total. The molecule has 0 aliphatic heterocycles. The largest absolute Gasteiger partial charge is 0.346 e. The van der Waals surface area contributed by atoms with Gasteiger partial charge < -0.3 is 14.5 Å². The zero-order chi connectivity index (χ0) is 23.7. The van der Waals surface area contributed by atoms with E-state index in [1.807, 2.05) is 28.8 Å². The number of nitrogens with one attached hydrogen (secondary N) is 1. The molecule has 1 atom stereocenters. The molecule has 5 aromatic rings. The Morgan fingerprint density at radius 1 is 1.03 bits per heavy atom. The number of benzene rings is 3. The summed E-state index contributed by atoms with van der Waals surface area (Å²) in [5.74, 6) is -0.593. The van der Waals surface area contributed by atoms with E-state index in [-0.39, 0.29) is 24.0 Å². The normalized spacial score (nSPS) is 12.1. The minimum atomic E-state index is -0.448. The van der Waals surface area contributed by atoms with Gasteiger partial charge in [0.25, 0.3) is 5.69 Å². The van der Waals surface area contributed by atoms with Crippen molar-refractivity contribution in [1.29, 1.82) is 0 Å². The van der Waals surface area contributed by atoms with Gasteiger partial charge >= 0.3 is 0 Å². The van der Waals surface area contributed by atoms with Crippen molar-refractivity contribution < 1.29 is 14.1 Å². The van der Waals surface area contributed by atoms with Crippen molar-refractivity contribution in [2.75, 3.05) is 0 Å². The SMILES string of the molecule is O=C(Cn1ccc2cc([N+](=O)[O-])ccc21)NC(Cn1cnc2ccccc21)c1ccc(F)cc1. The van der Waals surface area contributed by atoms with Gasteiger partial charge in [0.15, 0.2) is 0 Å². The monoisotopic (exact) mass is 457 g/mol. The lowest BCUT2D eigenvalue weighted by Gasteiger charge is -2.21. The molecule has 34 heavy (non-hydrogen) atoms. The van der Waals surface area contributed by atoms with Gasteiger partial charge in [-0.2, -0.15) is 0 Å². The molecule has 0 aliphatic rings. The fraction of sp³-hybridized carbons (Fsp3) is 0.120. The van der Waals surface area contributed by atoms with Gasteiger partial charge in [0.2, 0.25) is 5.91 Å². The van der Waals surface area contributed by atoms with Gasteiger partial charge in [-0.25, -0.2) is 9.37 Å². The van der Waals surface area contributed by atoms with E-state index in [1.165, 1.54) is 24.3 Å². The first kappa shape index (κ1) is 21.3. The third-order valence-electron chi connectivity index (χ3n) is 5.79. The highest BCUT2D eigenvalue weighted by Crippen LogP contribution is 2.23. The number of para-hydroxylation sites is 2. The number of amides is 1. The third-order valence-corrected chi connectivity index (χ3v) is 5.79. The van der Waals surface area contributed by atoms with Crippen LogP contribution in [0.3, 0.4) is 0 Å². The van der Waals surface area contributed by atoms with Crippen LogP contribution in [0.25, 0.3) is 21.9 Å². The van der Waals surface area contributed by atoms with Crippen LogP contribution in [0.4, 0.5) is 10.1 Å². The Balaban J connectivity index is 1.39. The van der Waals surface area contributed by atoms with Gasteiger partial charge in [-0.3, -0.25) is 14.9 Å². The summed E-state index contributed by atoms with van der Waals surface area (Å²) >= 11 is 0. The first-order chi connectivity index (χ1) is 16.5. The molecule has 2 aromatic heterocycles. The second kappa shape index (κ2) is 8.78. The van der Waals surface area contributed by atoms with E-state index < -0.39 is 11.0 Å². The van der Waals surface area contributed by atoms with Crippen LogP contribution in [0.5, 0.6) is 0 Å². The number of rotatable bonds is 7. The highest BCUT2D eigenvalue weighted by atomic mass is 19.1. The number of nitrogens with zero attached hydrogens (tertiary/aromatic N) is 4. The number of hydrogen-bond acceptors (Lipinski definition) is 4. The number of halogens is 1. The number of hydrogen-bond donors (Lipinski definition) is 1. The van der Waals surface area contributed by atoms with Crippen LogP contribution in [-0.4, -0.2) is 24.9 Å². The Morgan fingerprint density at radius 2 is 1.82 bits per heavy atom. The molecule has 2 heterocycles. The predicted octanol–water partition coefficient (Wildman–Crippen LogP) is 4.60. The number of imidazole rings is 1. The quantitative estimate of drug-likeness (QED) is 0.286. The number of nitro groups is 1. The lowest BCUT2D eigenvalue weighted by molar-refractivity contribution is -0.384. The summed E-state index contributed by atoms with van der Waals surface area (Å²) in [4.78, 5) is 28.0. The molecular weight excluding hydrogens is 437 g/mol. The summed E-state index contributed by atoms with van der Waals surface area (Å²) in [5.41, 5.74) is 3.26. The minimum Gasteiger partial charge on any atom is -0.346 e. The Hall–Kier alpha value is -4.53. The summed E-state index contributed by atoms with van der Waals surface area (Å²) in [6.07, 6.45) is 3.45. The van der Waals surface area contributed by atoms with Crippen molar-refractivity contribution in [2.45, 2.75) is 19.1 Å². The summed E-state index contributed by atoms with van der Waals surface area (Å²) in [7, 11) is 0. The van der Waals surface area contributed by atoms with Gasteiger partial charge in [0.1, 0.15) is 12.4 Å². The number of non-ortho nitro benzene ring substituents is 1. The average Bonchev–Trinajstić information content (AvgIpc) is 3.43. The fourth-order valence-electron chi connectivity index (χ4n) is 4.12. The lowest BCUT2D eigenvalue weighted by Crippen LogP contribution is -2.33. The van der Waals surface area contributed by atoms with Gasteiger partial charge in [-0.1, -0.05) is 24.3 Å². The molecule has 9 heteroatoms. The predicted molar refractivity (Wildman–Crippen MR) is 126 cm³/mol.